The van der Waals surface area contributed by atoms with Gasteiger partial charge in [-0.15, -0.1) is 0 Å². The number of hydrogen-bond donors (Lipinski definition) is 1. The molecule has 0 spiro atoms. The summed E-state index contributed by atoms with van der Waals surface area (Å²) in [6, 6.07) is 8.14. The Balaban J connectivity index is 1.94. The van der Waals surface area contributed by atoms with Crippen molar-refractivity contribution < 1.29 is 17.6 Å². The Morgan fingerprint density at radius 1 is 1.31 bits per heavy atom. The smallest absolute Gasteiger partial charge is 0.253 e. The molecule has 1 aliphatic carbocycles. The highest BCUT2D eigenvalue weighted by molar-refractivity contribution is 7.91. The van der Waals surface area contributed by atoms with Gasteiger partial charge in [0.15, 0.2) is 9.84 Å². The van der Waals surface area contributed by atoms with Crippen LogP contribution in [0.3, 0.4) is 0 Å². The predicted octanol–water partition coefficient (Wildman–Crippen LogP) is 3.83. The molecule has 1 aliphatic rings. The summed E-state index contributed by atoms with van der Waals surface area (Å²) in [5, 5.41) is 3.03. The normalized spacial score (nSPS) is 19.0. The molecule has 0 aliphatic heterocycles. The van der Waals surface area contributed by atoms with E-state index < -0.39 is 9.84 Å². The molecule has 1 aromatic carbocycles. The fourth-order valence-electron chi connectivity index (χ4n) is 3.63. The number of benzene rings is 1. The molecule has 2 aromatic rings. The van der Waals surface area contributed by atoms with Crippen LogP contribution in [0.4, 0.5) is 0 Å². The minimum Gasteiger partial charge on any atom is -0.466 e. The van der Waals surface area contributed by atoms with Gasteiger partial charge in [0.1, 0.15) is 11.5 Å². The van der Waals surface area contributed by atoms with E-state index in [0.717, 1.165) is 29.9 Å². The van der Waals surface area contributed by atoms with Crippen molar-refractivity contribution in [2.45, 2.75) is 51.5 Å². The number of hydrogen-bond acceptors (Lipinski definition) is 4. The molecule has 26 heavy (non-hydrogen) atoms. The second kappa shape index (κ2) is 6.58. The maximum Gasteiger partial charge on any atom is 0.253 e. The molecule has 0 fully saturated rings. The minimum absolute atomic E-state index is 0.00967. The topological polar surface area (TPSA) is 76.4 Å². The van der Waals surface area contributed by atoms with Gasteiger partial charge in [-0.2, -0.15) is 0 Å². The van der Waals surface area contributed by atoms with Gasteiger partial charge in [-0.05, 0) is 37.0 Å². The molecular weight excluding hydrogens is 350 g/mol. The molecule has 140 valence electrons. The molecule has 5 nitrogen and oxygen atoms in total. The number of carbonyl (C=O) groups is 1. The summed E-state index contributed by atoms with van der Waals surface area (Å²) in [6.07, 6.45) is 1.59. The summed E-state index contributed by atoms with van der Waals surface area (Å²) in [7, 11) is -3.47. The van der Waals surface area contributed by atoms with Crippen LogP contribution in [0.5, 0.6) is 0 Å². The molecule has 1 heterocycles. The highest BCUT2D eigenvalue weighted by Crippen LogP contribution is 2.42. The van der Waals surface area contributed by atoms with Gasteiger partial charge in [-0.25, -0.2) is 8.42 Å². The zero-order valence-corrected chi connectivity index (χ0v) is 16.4. The highest BCUT2D eigenvalue weighted by Gasteiger charge is 2.36. The summed E-state index contributed by atoms with van der Waals surface area (Å²) in [5.41, 5.74) is 1.18. The van der Waals surface area contributed by atoms with Crippen molar-refractivity contribution in [1.29, 1.82) is 0 Å². The van der Waals surface area contributed by atoms with Crippen LogP contribution in [-0.2, 0) is 16.3 Å². The van der Waals surface area contributed by atoms with Crippen LogP contribution in [0.1, 0.15) is 60.7 Å². The van der Waals surface area contributed by atoms with Gasteiger partial charge < -0.3 is 9.73 Å². The maximum atomic E-state index is 12.9. The van der Waals surface area contributed by atoms with Crippen molar-refractivity contribution in [3.05, 3.63) is 53.0 Å². The first-order valence-electron chi connectivity index (χ1n) is 8.85. The molecule has 1 N–H and O–H groups in total. The molecule has 0 saturated carbocycles. The summed E-state index contributed by atoms with van der Waals surface area (Å²) in [4.78, 5) is 13.0. The fraction of sp³-hybridized carbons (Fsp3) is 0.450. The first kappa shape index (κ1) is 18.7. The van der Waals surface area contributed by atoms with Gasteiger partial charge >= 0.3 is 0 Å². The van der Waals surface area contributed by atoms with Gasteiger partial charge in [-0.1, -0.05) is 32.9 Å². The van der Waals surface area contributed by atoms with E-state index in [9.17, 15) is 13.2 Å². The molecule has 1 aromatic heterocycles. The van der Waals surface area contributed by atoms with Crippen LogP contribution in [-0.4, -0.2) is 20.1 Å². The lowest BCUT2D eigenvalue weighted by Gasteiger charge is -2.34. The second-order valence-electron chi connectivity index (χ2n) is 7.71. The number of fused-ring (bicyclic) bond motifs is 1. The van der Waals surface area contributed by atoms with Crippen molar-refractivity contribution >= 4 is 15.7 Å². The Labute approximate surface area is 154 Å². The van der Waals surface area contributed by atoms with Crippen LogP contribution < -0.4 is 5.32 Å². The summed E-state index contributed by atoms with van der Waals surface area (Å²) in [5.74, 6) is 1.31. The summed E-state index contributed by atoms with van der Waals surface area (Å²) < 4.78 is 30.5. The van der Waals surface area contributed by atoms with E-state index in [-0.39, 0.29) is 33.6 Å². The fourth-order valence-corrected chi connectivity index (χ4v) is 4.72. The number of sulfone groups is 1. The number of amides is 1. The lowest BCUT2D eigenvalue weighted by Crippen LogP contribution is -2.36. The van der Waals surface area contributed by atoms with E-state index in [1.165, 1.54) is 6.07 Å². The van der Waals surface area contributed by atoms with Gasteiger partial charge in [0.25, 0.3) is 5.91 Å². The second-order valence-corrected chi connectivity index (χ2v) is 9.95. The molecule has 1 atom stereocenters. The van der Waals surface area contributed by atoms with Gasteiger partial charge in [0, 0.05) is 12.0 Å². The monoisotopic (exact) mass is 375 g/mol. The maximum absolute atomic E-state index is 12.9. The molecular formula is C20H25NO4S. The molecule has 0 radical (unpaired) electrons. The number of aryl methyl sites for hydroxylation is 1. The predicted molar refractivity (Wildman–Crippen MR) is 99.9 cm³/mol. The van der Waals surface area contributed by atoms with Crippen LogP contribution >= 0.6 is 0 Å². The van der Waals surface area contributed by atoms with Crippen LogP contribution in [0.2, 0.25) is 0 Å². The molecule has 1 amide bonds. The molecule has 0 bridgehead atoms. The van der Waals surface area contributed by atoms with Crippen molar-refractivity contribution in [2.75, 3.05) is 5.75 Å². The average Bonchev–Trinajstić information content (AvgIpc) is 2.93. The standard InChI is InChI=1S/C20H25NO4S/c1-5-26(23,24)18-9-7-6-8-14(18)19(22)21-16-11-20(3,4)12-17-15(16)10-13(2)25-17/h6-10,16H,5,11-12H2,1-4H3,(H,21,22)/t16-/m1/s1. The van der Waals surface area contributed by atoms with E-state index >= 15 is 0 Å². The highest BCUT2D eigenvalue weighted by atomic mass is 32.2. The Morgan fingerprint density at radius 2 is 2.00 bits per heavy atom. The summed E-state index contributed by atoms with van der Waals surface area (Å²) >= 11 is 0. The van der Waals surface area contributed by atoms with E-state index in [0.29, 0.717) is 0 Å². The van der Waals surface area contributed by atoms with Crippen LogP contribution in [0.25, 0.3) is 0 Å². The minimum atomic E-state index is -3.47. The Hall–Kier alpha value is -2.08. The molecule has 0 saturated heterocycles. The van der Waals surface area contributed by atoms with Crippen LogP contribution in [0, 0.1) is 12.3 Å². The molecule has 3 rings (SSSR count). The van der Waals surface area contributed by atoms with E-state index in [1.54, 1.807) is 25.1 Å². The van der Waals surface area contributed by atoms with Crippen LogP contribution in [0.15, 0.2) is 39.6 Å². The Bertz CT molecular complexity index is 940. The van der Waals surface area contributed by atoms with Crippen molar-refractivity contribution in [1.82, 2.24) is 5.32 Å². The number of rotatable bonds is 4. The van der Waals surface area contributed by atoms with Gasteiger partial charge in [0.2, 0.25) is 0 Å². The zero-order chi connectivity index (χ0) is 19.1. The first-order chi connectivity index (χ1) is 12.1. The van der Waals surface area contributed by atoms with Crippen molar-refractivity contribution in [3.63, 3.8) is 0 Å². The number of carbonyl (C=O) groups excluding carboxylic acids is 1. The van der Waals surface area contributed by atoms with Crippen molar-refractivity contribution in [2.24, 2.45) is 5.41 Å². The lowest BCUT2D eigenvalue weighted by atomic mass is 9.74. The van der Waals surface area contributed by atoms with E-state index in [4.69, 9.17) is 4.42 Å². The Morgan fingerprint density at radius 3 is 2.69 bits per heavy atom. The number of nitrogens with one attached hydrogen (secondary N) is 1. The van der Waals surface area contributed by atoms with Gasteiger partial charge in [0.05, 0.1) is 22.3 Å². The lowest BCUT2D eigenvalue weighted by molar-refractivity contribution is 0.0914. The molecule has 6 heteroatoms. The van der Waals surface area contributed by atoms with E-state index in [1.807, 2.05) is 13.0 Å². The average molecular weight is 375 g/mol. The third kappa shape index (κ3) is 3.56. The third-order valence-electron chi connectivity index (χ3n) is 4.89. The largest absolute Gasteiger partial charge is 0.466 e. The third-order valence-corrected chi connectivity index (χ3v) is 6.67. The zero-order valence-electron chi connectivity index (χ0n) is 15.6. The summed E-state index contributed by atoms with van der Waals surface area (Å²) in [6.45, 7) is 7.76. The van der Waals surface area contributed by atoms with E-state index in [2.05, 4.69) is 19.2 Å². The van der Waals surface area contributed by atoms with Crippen molar-refractivity contribution in [3.8, 4) is 0 Å². The SMILES string of the molecule is CCS(=O)(=O)c1ccccc1C(=O)N[C@@H]1CC(C)(C)Cc2oc(C)cc21. The quantitative estimate of drug-likeness (QED) is 0.881. The van der Waals surface area contributed by atoms with Gasteiger partial charge in [-0.3, -0.25) is 4.79 Å². The Kier molecular flexibility index (Phi) is 4.73. The first-order valence-corrected chi connectivity index (χ1v) is 10.5. The molecule has 0 unspecified atom stereocenters. The number of furan rings is 1.